The second-order valence-electron chi connectivity index (χ2n) is 8.73. The van der Waals surface area contributed by atoms with Gasteiger partial charge in [0.05, 0.1) is 6.42 Å². The summed E-state index contributed by atoms with van der Waals surface area (Å²) in [7, 11) is 0. The molecule has 8 nitrogen and oxygen atoms in total. The quantitative estimate of drug-likeness (QED) is 0.133. The number of para-hydroxylation sites is 2. The molecule has 0 bridgehead atoms. The number of carbonyl (C=O) groups excluding carboxylic acids is 4. The molecule has 0 aromatic heterocycles. The summed E-state index contributed by atoms with van der Waals surface area (Å²) in [6, 6.07) is 33.3. The molecule has 0 spiro atoms. The van der Waals surface area contributed by atoms with Gasteiger partial charge in [-0.15, -0.1) is 0 Å². The normalized spacial score (nSPS) is 11.8. The standard InChI is InChI=1S/C33H26O8/c1-23(31(35)41-30(25-16-8-3-9-17-25)33(37)39-27-20-12-5-13-21-27)22-28(34)40-29(24-14-6-2-7-15-24)32(36)38-26-18-10-4-11-19-26/h2-21,29-30H,1,22H2. The van der Waals surface area contributed by atoms with Crippen molar-refractivity contribution < 1.29 is 38.1 Å². The Balaban J connectivity index is 1.43. The van der Waals surface area contributed by atoms with Crippen molar-refractivity contribution in [2.24, 2.45) is 0 Å². The Hall–Kier alpha value is -5.50. The lowest BCUT2D eigenvalue weighted by Crippen LogP contribution is -2.26. The van der Waals surface area contributed by atoms with E-state index in [2.05, 4.69) is 6.58 Å². The molecule has 0 amide bonds. The summed E-state index contributed by atoms with van der Waals surface area (Å²) >= 11 is 0. The average molecular weight is 551 g/mol. The summed E-state index contributed by atoms with van der Waals surface area (Å²) in [4.78, 5) is 51.6. The van der Waals surface area contributed by atoms with E-state index in [0.717, 1.165) is 0 Å². The number of carbonyl (C=O) groups is 4. The minimum atomic E-state index is -1.42. The van der Waals surface area contributed by atoms with Gasteiger partial charge in [-0.2, -0.15) is 0 Å². The monoisotopic (exact) mass is 550 g/mol. The predicted molar refractivity (Wildman–Crippen MR) is 148 cm³/mol. The third-order valence-electron chi connectivity index (χ3n) is 5.68. The van der Waals surface area contributed by atoms with Gasteiger partial charge >= 0.3 is 23.9 Å². The van der Waals surface area contributed by atoms with Gasteiger partial charge in [-0.1, -0.05) is 104 Å². The Morgan fingerprint density at radius 1 is 0.537 bits per heavy atom. The first-order valence-corrected chi connectivity index (χ1v) is 12.6. The van der Waals surface area contributed by atoms with Crippen molar-refractivity contribution >= 4 is 23.9 Å². The van der Waals surface area contributed by atoms with Crippen LogP contribution < -0.4 is 9.47 Å². The third kappa shape index (κ3) is 8.24. The van der Waals surface area contributed by atoms with E-state index >= 15 is 0 Å². The van der Waals surface area contributed by atoms with Gasteiger partial charge in [-0.3, -0.25) is 4.79 Å². The first-order chi connectivity index (χ1) is 19.9. The molecule has 2 unspecified atom stereocenters. The van der Waals surface area contributed by atoms with Crippen molar-refractivity contribution in [1.29, 1.82) is 0 Å². The fourth-order valence-electron chi connectivity index (χ4n) is 3.69. The third-order valence-corrected chi connectivity index (χ3v) is 5.68. The Labute approximate surface area is 236 Å². The Morgan fingerprint density at radius 3 is 1.32 bits per heavy atom. The number of hydrogen-bond acceptors (Lipinski definition) is 8. The number of esters is 4. The maximum absolute atomic E-state index is 12.9. The van der Waals surface area contributed by atoms with Crippen molar-refractivity contribution in [3.8, 4) is 11.5 Å². The molecule has 0 aliphatic heterocycles. The first kappa shape index (κ1) is 28.5. The summed E-state index contributed by atoms with van der Waals surface area (Å²) in [5, 5.41) is 0. The van der Waals surface area contributed by atoms with Gasteiger partial charge in [0.2, 0.25) is 12.2 Å². The van der Waals surface area contributed by atoms with Crippen molar-refractivity contribution in [1.82, 2.24) is 0 Å². The SMILES string of the molecule is C=C(CC(=O)OC(C(=O)Oc1ccccc1)c1ccccc1)C(=O)OC(C(=O)Oc1ccccc1)c1ccccc1. The fourth-order valence-corrected chi connectivity index (χ4v) is 3.69. The lowest BCUT2D eigenvalue weighted by molar-refractivity contribution is -0.164. The maximum atomic E-state index is 12.9. The molecule has 0 N–H and O–H groups in total. The van der Waals surface area contributed by atoms with Gasteiger partial charge in [0.15, 0.2) is 0 Å². The van der Waals surface area contributed by atoms with Crippen LogP contribution in [0.2, 0.25) is 0 Å². The van der Waals surface area contributed by atoms with E-state index in [4.69, 9.17) is 18.9 Å². The summed E-state index contributed by atoms with van der Waals surface area (Å²) < 4.78 is 21.6. The molecule has 41 heavy (non-hydrogen) atoms. The minimum Gasteiger partial charge on any atom is -0.445 e. The molecule has 0 heterocycles. The van der Waals surface area contributed by atoms with Crippen molar-refractivity contribution in [3.63, 3.8) is 0 Å². The van der Waals surface area contributed by atoms with Gasteiger partial charge in [0.25, 0.3) is 0 Å². The lowest BCUT2D eigenvalue weighted by Gasteiger charge is -2.19. The largest absolute Gasteiger partial charge is 0.445 e. The second-order valence-corrected chi connectivity index (χ2v) is 8.73. The van der Waals surface area contributed by atoms with E-state index in [9.17, 15) is 19.2 Å². The van der Waals surface area contributed by atoms with Crippen LogP contribution in [0.1, 0.15) is 29.8 Å². The topological polar surface area (TPSA) is 105 Å². The molecule has 4 aromatic rings. The van der Waals surface area contributed by atoms with Crippen molar-refractivity contribution in [2.75, 3.05) is 0 Å². The molecule has 0 aliphatic carbocycles. The van der Waals surface area contributed by atoms with E-state index in [1.165, 1.54) is 0 Å². The van der Waals surface area contributed by atoms with Crippen LogP contribution in [0.4, 0.5) is 0 Å². The molecule has 0 radical (unpaired) electrons. The van der Waals surface area contributed by atoms with Crippen molar-refractivity contribution in [3.05, 3.63) is 145 Å². The molecular weight excluding hydrogens is 524 g/mol. The van der Waals surface area contributed by atoms with Crippen LogP contribution in [0.25, 0.3) is 0 Å². The smallest absolute Gasteiger partial charge is 0.357 e. The van der Waals surface area contributed by atoms with E-state index in [1.54, 1.807) is 121 Å². The first-order valence-electron chi connectivity index (χ1n) is 12.6. The van der Waals surface area contributed by atoms with Crippen LogP contribution in [-0.2, 0) is 28.7 Å². The highest BCUT2D eigenvalue weighted by Crippen LogP contribution is 2.25. The zero-order valence-electron chi connectivity index (χ0n) is 21.9. The number of rotatable bonds is 11. The molecule has 0 saturated carbocycles. The molecule has 0 fully saturated rings. The van der Waals surface area contributed by atoms with Crippen molar-refractivity contribution in [2.45, 2.75) is 18.6 Å². The highest BCUT2D eigenvalue weighted by molar-refractivity contribution is 5.95. The number of hydrogen-bond donors (Lipinski definition) is 0. The summed E-state index contributed by atoms with van der Waals surface area (Å²) in [5.41, 5.74) is 0.458. The fraction of sp³-hybridized carbons (Fsp3) is 0.0909. The van der Waals surface area contributed by atoms with E-state index in [0.29, 0.717) is 11.1 Å². The predicted octanol–water partition coefficient (Wildman–Crippen LogP) is 5.71. The molecule has 206 valence electrons. The number of ether oxygens (including phenoxy) is 4. The molecule has 0 saturated heterocycles. The summed E-state index contributed by atoms with van der Waals surface area (Å²) in [6.45, 7) is 3.63. The maximum Gasteiger partial charge on any atom is 0.357 e. The van der Waals surface area contributed by atoms with Crippen LogP contribution in [-0.4, -0.2) is 23.9 Å². The highest BCUT2D eigenvalue weighted by Gasteiger charge is 2.31. The van der Waals surface area contributed by atoms with Gasteiger partial charge in [-0.25, -0.2) is 14.4 Å². The van der Waals surface area contributed by atoms with Gasteiger partial charge < -0.3 is 18.9 Å². The van der Waals surface area contributed by atoms with E-state index in [-0.39, 0.29) is 17.1 Å². The Kier molecular flexibility index (Phi) is 9.77. The Bertz CT molecular complexity index is 1490. The molecule has 8 heteroatoms. The lowest BCUT2D eigenvalue weighted by atomic mass is 10.1. The number of benzene rings is 4. The zero-order chi connectivity index (χ0) is 29.0. The molecular formula is C33H26O8. The van der Waals surface area contributed by atoms with Crippen LogP contribution in [0.3, 0.4) is 0 Å². The Morgan fingerprint density at radius 2 is 0.902 bits per heavy atom. The highest BCUT2D eigenvalue weighted by atomic mass is 16.6. The molecule has 2 atom stereocenters. The van der Waals surface area contributed by atoms with Crippen LogP contribution >= 0.6 is 0 Å². The minimum absolute atomic E-state index is 0.270. The summed E-state index contributed by atoms with van der Waals surface area (Å²) in [6.07, 6.45) is -3.42. The van der Waals surface area contributed by atoms with Crippen LogP contribution in [0, 0.1) is 0 Å². The van der Waals surface area contributed by atoms with Crippen LogP contribution in [0.5, 0.6) is 11.5 Å². The summed E-state index contributed by atoms with van der Waals surface area (Å²) in [5.74, 6) is -3.04. The van der Waals surface area contributed by atoms with Gasteiger partial charge in [0, 0.05) is 16.7 Å². The van der Waals surface area contributed by atoms with E-state index < -0.39 is 42.5 Å². The zero-order valence-corrected chi connectivity index (χ0v) is 21.9. The van der Waals surface area contributed by atoms with Gasteiger partial charge in [0.1, 0.15) is 11.5 Å². The van der Waals surface area contributed by atoms with E-state index in [1.807, 2.05) is 0 Å². The van der Waals surface area contributed by atoms with Crippen LogP contribution in [0.15, 0.2) is 133 Å². The average Bonchev–Trinajstić information content (AvgIpc) is 3.00. The molecule has 4 aromatic carbocycles. The second kappa shape index (κ2) is 14.0. The molecule has 4 rings (SSSR count). The van der Waals surface area contributed by atoms with Gasteiger partial charge in [-0.05, 0) is 24.3 Å². The molecule has 0 aliphatic rings.